The molecule has 28 heavy (non-hydrogen) atoms. The zero-order chi connectivity index (χ0) is 19.8. The summed E-state index contributed by atoms with van der Waals surface area (Å²) in [4.78, 5) is 20.3. The van der Waals surface area contributed by atoms with Gasteiger partial charge in [-0.3, -0.25) is 4.79 Å². The van der Waals surface area contributed by atoms with E-state index in [2.05, 4.69) is 20.6 Å². The van der Waals surface area contributed by atoms with Crippen molar-refractivity contribution in [2.45, 2.75) is 18.1 Å². The summed E-state index contributed by atoms with van der Waals surface area (Å²) in [7, 11) is 0. The van der Waals surface area contributed by atoms with E-state index in [1.54, 1.807) is 6.07 Å². The van der Waals surface area contributed by atoms with Crippen LogP contribution in [0.2, 0.25) is 0 Å². The van der Waals surface area contributed by atoms with E-state index in [1.165, 1.54) is 6.20 Å². The summed E-state index contributed by atoms with van der Waals surface area (Å²) >= 11 is 0. The Balaban J connectivity index is 1.72. The fraction of sp³-hybridized carbons (Fsp3) is 0.250. The van der Waals surface area contributed by atoms with Crippen LogP contribution in [0.25, 0.3) is 22.0 Å². The number of carbonyl (C=O) groups is 1. The fourth-order valence-corrected chi connectivity index (χ4v) is 3.43. The molecule has 0 bridgehead atoms. The molecule has 1 saturated heterocycles. The van der Waals surface area contributed by atoms with Crippen molar-refractivity contribution in [1.82, 2.24) is 20.6 Å². The molecule has 0 radical (unpaired) electrons. The number of fused-ring (bicyclic) bond motifs is 1. The Labute approximate surface area is 159 Å². The van der Waals surface area contributed by atoms with Gasteiger partial charge in [0.2, 0.25) is 0 Å². The summed E-state index contributed by atoms with van der Waals surface area (Å²) in [5, 5.41) is 7.20. The highest BCUT2D eigenvalue weighted by molar-refractivity contribution is 5.86. The van der Waals surface area contributed by atoms with Crippen molar-refractivity contribution in [1.29, 1.82) is 0 Å². The quantitative estimate of drug-likeness (QED) is 0.726. The molecule has 0 spiro atoms. The number of aromatic nitrogens is 2. The van der Waals surface area contributed by atoms with Crippen LogP contribution < -0.4 is 10.6 Å². The third kappa shape index (κ3) is 3.43. The maximum absolute atomic E-state index is 12.8. The number of alkyl halides is 3. The average molecular weight is 386 g/mol. The van der Waals surface area contributed by atoms with Crippen molar-refractivity contribution in [2.24, 2.45) is 0 Å². The first-order valence-electron chi connectivity index (χ1n) is 8.80. The van der Waals surface area contributed by atoms with Gasteiger partial charge in [-0.2, -0.15) is 13.2 Å². The number of nitrogens with one attached hydrogen (secondary N) is 2. The van der Waals surface area contributed by atoms with E-state index in [-0.39, 0.29) is 18.8 Å². The van der Waals surface area contributed by atoms with E-state index in [0.29, 0.717) is 12.2 Å². The van der Waals surface area contributed by atoms with Crippen molar-refractivity contribution in [3.63, 3.8) is 0 Å². The highest BCUT2D eigenvalue weighted by Crippen LogP contribution is 2.29. The first kappa shape index (κ1) is 18.4. The zero-order valence-corrected chi connectivity index (χ0v) is 14.8. The number of amides is 1. The van der Waals surface area contributed by atoms with Crippen LogP contribution in [0.15, 0.2) is 54.7 Å². The van der Waals surface area contributed by atoms with Crippen molar-refractivity contribution < 1.29 is 18.0 Å². The number of hydrogen-bond acceptors (Lipinski definition) is 4. The lowest BCUT2D eigenvalue weighted by Gasteiger charge is -2.28. The van der Waals surface area contributed by atoms with Crippen molar-refractivity contribution in [3.8, 4) is 11.3 Å². The van der Waals surface area contributed by atoms with Gasteiger partial charge in [-0.05, 0) is 35.9 Å². The molecule has 5 nitrogen and oxygen atoms in total. The molecule has 0 aliphatic carbocycles. The molecule has 1 aromatic heterocycles. The second-order valence-electron chi connectivity index (χ2n) is 6.79. The van der Waals surface area contributed by atoms with E-state index in [0.717, 1.165) is 16.3 Å². The monoisotopic (exact) mass is 386 g/mol. The van der Waals surface area contributed by atoms with Gasteiger partial charge in [0, 0.05) is 18.3 Å². The zero-order valence-electron chi connectivity index (χ0n) is 14.8. The molecule has 3 aromatic rings. The predicted molar refractivity (Wildman–Crippen MR) is 98.3 cm³/mol. The SMILES string of the molecule is O=C(N[C@@]1(c2nccc(-c3ccc4ccccc4c3)n2)CCNC1)C(F)(F)F. The van der Waals surface area contributed by atoms with Crippen LogP contribution in [0, 0.1) is 0 Å². The van der Waals surface area contributed by atoms with E-state index in [4.69, 9.17) is 0 Å². The first-order valence-corrected chi connectivity index (χ1v) is 8.80. The van der Waals surface area contributed by atoms with Crippen LogP contribution in [0.5, 0.6) is 0 Å². The van der Waals surface area contributed by atoms with E-state index in [1.807, 2.05) is 42.5 Å². The molecule has 2 heterocycles. The minimum absolute atomic E-state index is 0.135. The van der Waals surface area contributed by atoms with Crippen LogP contribution in [0.4, 0.5) is 13.2 Å². The standard InChI is InChI=1S/C20H17F3N4O/c21-20(22,23)18(28)27-19(8-10-24-12-19)17-25-9-7-16(26-17)15-6-5-13-3-1-2-4-14(13)11-15/h1-7,9,11,24H,8,10,12H2,(H,27,28)/t19-/m0/s1. The summed E-state index contributed by atoms with van der Waals surface area (Å²) in [6.45, 7) is 0.595. The maximum Gasteiger partial charge on any atom is 0.471 e. The molecule has 0 unspecified atom stereocenters. The van der Waals surface area contributed by atoms with E-state index < -0.39 is 17.6 Å². The lowest BCUT2D eigenvalue weighted by Crippen LogP contribution is -2.52. The van der Waals surface area contributed by atoms with Gasteiger partial charge in [0.25, 0.3) is 0 Å². The van der Waals surface area contributed by atoms with Crippen LogP contribution in [-0.4, -0.2) is 35.1 Å². The van der Waals surface area contributed by atoms with Gasteiger partial charge in [-0.1, -0.05) is 36.4 Å². The number of carbonyl (C=O) groups excluding carboxylic acids is 1. The lowest BCUT2D eigenvalue weighted by atomic mass is 9.96. The summed E-state index contributed by atoms with van der Waals surface area (Å²) in [5.41, 5.74) is 0.119. The molecule has 4 rings (SSSR count). The number of benzene rings is 2. The van der Waals surface area contributed by atoms with Gasteiger partial charge in [0.1, 0.15) is 5.54 Å². The largest absolute Gasteiger partial charge is 0.471 e. The molecule has 2 N–H and O–H groups in total. The summed E-state index contributed by atoms with van der Waals surface area (Å²) in [5.74, 6) is -1.82. The highest BCUT2D eigenvalue weighted by Gasteiger charge is 2.47. The molecular weight excluding hydrogens is 369 g/mol. The van der Waals surface area contributed by atoms with Gasteiger partial charge in [0.15, 0.2) is 5.82 Å². The molecular formula is C20H17F3N4O. The van der Waals surface area contributed by atoms with Gasteiger partial charge in [-0.15, -0.1) is 0 Å². The molecule has 8 heteroatoms. The van der Waals surface area contributed by atoms with Gasteiger partial charge < -0.3 is 10.6 Å². The van der Waals surface area contributed by atoms with Crippen LogP contribution in [0.3, 0.4) is 0 Å². The molecule has 1 amide bonds. The smallest absolute Gasteiger partial charge is 0.334 e. The maximum atomic E-state index is 12.8. The normalized spacial score (nSPS) is 19.7. The topological polar surface area (TPSA) is 66.9 Å². The molecule has 0 saturated carbocycles. The molecule has 1 fully saturated rings. The third-order valence-electron chi connectivity index (χ3n) is 4.89. The molecule has 2 aromatic carbocycles. The molecule has 1 aliphatic rings. The van der Waals surface area contributed by atoms with Crippen molar-refractivity contribution in [3.05, 3.63) is 60.6 Å². The number of rotatable bonds is 3. The Kier molecular flexibility index (Phi) is 4.50. The Morgan fingerprint density at radius 3 is 2.61 bits per heavy atom. The van der Waals surface area contributed by atoms with Crippen molar-refractivity contribution in [2.75, 3.05) is 13.1 Å². The molecule has 144 valence electrons. The van der Waals surface area contributed by atoms with Crippen LogP contribution >= 0.6 is 0 Å². The minimum atomic E-state index is -4.97. The Morgan fingerprint density at radius 2 is 1.89 bits per heavy atom. The number of nitrogens with zero attached hydrogens (tertiary/aromatic N) is 2. The average Bonchev–Trinajstić information content (AvgIpc) is 3.17. The second kappa shape index (κ2) is 6.87. The fourth-order valence-electron chi connectivity index (χ4n) is 3.43. The number of halogens is 3. The first-order chi connectivity index (χ1) is 13.4. The van der Waals surface area contributed by atoms with E-state index in [9.17, 15) is 18.0 Å². The Morgan fingerprint density at radius 1 is 1.11 bits per heavy atom. The number of hydrogen-bond donors (Lipinski definition) is 2. The highest BCUT2D eigenvalue weighted by atomic mass is 19.4. The van der Waals surface area contributed by atoms with E-state index >= 15 is 0 Å². The summed E-state index contributed by atoms with van der Waals surface area (Å²) < 4.78 is 38.4. The van der Waals surface area contributed by atoms with Gasteiger partial charge in [0.05, 0.1) is 5.69 Å². The Hall–Kier alpha value is -3.00. The predicted octanol–water partition coefficient (Wildman–Crippen LogP) is 3.16. The lowest BCUT2D eigenvalue weighted by molar-refractivity contribution is -0.175. The third-order valence-corrected chi connectivity index (χ3v) is 4.89. The van der Waals surface area contributed by atoms with Gasteiger partial charge in [-0.25, -0.2) is 9.97 Å². The van der Waals surface area contributed by atoms with Crippen LogP contribution in [0.1, 0.15) is 12.2 Å². The molecule has 1 atom stereocenters. The minimum Gasteiger partial charge on any atom is -0.334 e. The summed E-state index contributed by atoms with van der Waals surface area (Å²) in [6.07, 6.45) is -3.19. The second-order valence-corrected chi connectivity index (χ2v) is 6.79. The van der Waals surface area contributed by atoms with Crippen molar-refractivity contribution >= 4 is 16.7 Å². The summed E-state index contributed by atoms with van der Waals surface area (Å²) in [6, 6.07) is 15.4. The van der Waals surface area contributed by atoms with Crippen LogP contribution in [-0.2, 0) is 10.3 Å². The Bertz CT molecular complexity index is 1030. The molecule has 1 aliphatic heterocycles. The van der Waals surface area contributed by atoms with Gasteiger partial charge >= 0.3 is 12.1 Å².